The van der Waals surface area contributed by atoms with Crippen LogP contribution in [0.5, 0.6) is 0 Å². The molecular formula is C21H28O3. The molecule has 0 bridgehead atoms. The van der Waals surface area contributed by atoms with Crippen molar-refractivity contribution in [1.29, 1.82) is 0 Å². The average molecular weight is 328 g/mol. The number of hydrogen-bond acceptors (Lipinski definition) is 3. The molecule has 0 aromatic heterocycles. The first-order valence-electron chi connectivity index (χ1n) is 9.58. The molecule has 0 aromatic rings. The predicted molar refractivity (Wildman–Crippen MR) is 91.9 cm³/mol. The second kappa shape index (κ2) is 5.44. The lowest BCUT2D eigenvalue weighted by atomic mass is 9.49. The lowest BCUT2D eigenvalue weighted by Gasteiger charge is -2.56. The highest BCUT2D eigenvalue weighted by atomic mass is 16.3. The molecule has 4 rings (SSSR count). The zero-order valence-electron chi connectivity index (χ0n) is 14.5. The Balaban J connectivity index is 1.71. The fraction of sp³-hybridized carbons (Fsp3) is 0.762. The van der Waals surface area contributed by atoms with Gasteiger partial charge >= 0.3 is 0 Å². The largest absolute Gasteiger partial charge is 0.389 e. The van der Waals surface area contributed by atoms with E-state index in [1.54, 1.807) is 6.08 Å². The Morgan fingerprint density at radius 3 is 2.79 bits per heavy atom. The fourth-order valence-electron chi connectivity index (χ4n) is 6.96. The van der Waals surface area contributed by atoms with Crippen LogP contribution >= 0.6 is 0 Å². The zero-order valence-corrected chi connectivity index (χ0v) is 14.5. The van der Waals surface area contributed by atoms with Crippen molar-refractivity contribution in [1.82, 2.24) is 0 Å². The number of carbonyl (C=O) groups is 1. The summed E-state index contributed by atoms with van der Waals surface area (Å²) in [6.45, 7) is 2.16. The molecule has 24 heavy (non-hydrogen) atoms. The quantitative estimate of drug-likeness (QED) is 0.728. The molecule has 0 heterocycles. The van der Waals surface area contributed by atoms with Gasteiger partial charge in [0.25, 0.3) is 0 Å². The van der Waals surface area contributed by atoms with Gasteiger partial charge in [0.2, 0.25) is 0 Å². The average Bonchev–Trinajstić information content (AvgIpc) is 2.89. The van der Waals surface area contributed by atoms with Crippen molar-refractivity contribution in [3.63, 3.8) is 0 Å². The summed E-state index contributed by atoms with van der Waals surface area (Å²) >= 11 is 0. The van der Waals surface area contributed by atoms with Crippen LogP contribution in [0.15, 0.2) is 11.6 Å². The molecule has 2 N–H and O–H groups in total. The Labute approximate surface area is 144 Å². The van der Waals surface area contributed by atoms with E-state index in [2.05, 4.69) is 12.8 Å². The molecular weight excluding hydrogens is 300 g/mol. The van der Waals surface area contributed by atoms with E-state index in [-0.39, 0.29) is 11.2 Å². The molecule has 0 radical (unpaired) electrons. The Bertz CT molecular complexity index is 629. The summed E-state index contributed by atoms with van der Waals surface area (Å²) in [6, 6.07) is 0. The van der Waals surface area contributed by atoms with Gasteiger partial charge in [0.15, 0.2) is 5.78 Å². The van der Waals surface area contributed by atoms with Gasteiger partial charge in [-0.2, -0.15) is 0 Å². The molecule has 130 valence electrons. The van der Waals surface area contributed by atoms with Crippen LogP contribution in [0.25, 0.3) is 0 Å². The van der Waals surface area contributed by atoms with Crippen LogP contribution in [-0.2, 0) is 4.79 Å². The monoisotopic (exact) mass is 328 g/mol. The van der Waals surface area contributed by atoms with Gasteiger partial charge in [0, 0.05) is 11.8 Å². The van der Waals surface area contributed by atoms with Crippen molar-refractivity contribution < 1.29 is 15.0 Å². The van der Waals surface area contributed by atoms with E-state index in [1.807, 2.05) is 0 Å². The smallest absolute Gasteiger partial charge is 0.155 e. The van der Waals surface area contributed by atoms with Crippen LogP contribution in [0, 0.1) is 41.4 Å². The van der Waals surface area contributed by atoms with E-state index in [1.165, 1.54) is 0 Å². The van der Waals surface area contributed by atoms with E-state index < -0.39 is 11.7 Å². The molecule has 4 aliphatic rings. The maximum Gasteiger partial charge on any atom is 0.155 e. The highest BCUT2D eigenvalue weighted by Gasteiger charge is 2.64. The van der Waals surface area contributed by atoms with Crippen LogP contribution in [0.1, 0.15) is 58.3 Å². The first kappa shape index (κ1) is 16.4. The third-order valence-corrected chi connectivity index (χ3v) is 8.07. The maximum atomic E-state index is 11.8. The number of aliphatic hydroxyl groups is 2. The molecule has 0 aromatic carbocycles. The standard InChI is InChI=1S/C21H28O3/c1-3-20-9-7-15-14-6-5-13(22)11-17(14)19(23)12-16(15)18(20)8-10-21(20,24)4-2/h2,11,14-16,18-19,23-24H,3,5-10,12H2,1H3/t14-,15-,16-,18-,19-,20+,21+/m1/s1. The number of hydrogen-bond donors (Lipinski definition) is 2. The van der Waals surface area contributed by atoms with Crippen LogP contribution in [-0.4, -0.2) is 27.7 Å². The third kappa shape index (κ3) is 1.96. The van der Waals surface area contributed by atoms with Gasteiger partial charge < -0.3 is 10.2 Å². The lowest BCUT2D eigenvalue weighted by molar-refractivity contribution is -0.119. The second-order valence-electron chi connectivity index (χ2n) is 8.53. The summed E-state index contributed by atoms with van der Waals surface area (Å²) in [4.78, 5) is 11.8. The number of carbonyl (C=O) groups excluding carboxylic acids is 1. The number of aliphatic hydroxyl groups excluding tert-OH is 1. The summed E-state index contributed by atoms with van der Waals surface area (Å²) in [5.74, 6) is 4.62. The van der Waals surface area contributed by atoms with E-state index in [4.69, 9.17) is 6.42 Å². The van der Waals surface area contributed by atoms with Gasteiger partial charge in [0.1, 0.15) is 5.60 Å². The van der Waals surface area contributed by atoms with Crippen LogP contribution in [0.2, 0.25) is 0 Å². The van der Waals surface area contributed by atoms with Crippen LogP contribution in [0.4, 0.5) is 0 Å². The molecule has 0 amide bonds. The van der Waals surface area contributed by atoms with Crippen molar-refractivity contribution in [2.75, 3.05) is 0 Å². The van der Waals surface area contributed by atoms with E-state index in [0.717, 1.165) is 44.1 Å². The summed E-state index contributed by atoms with van der Waals surface area (Å²) in [5.41, 5.74) is -0.184. The van der Waals surface area contributed by atoms with Crippen molar-refractivity contribution in [3.8, 4) is 12.3 Å². The first-order chi connectivity index (χ1) is 11.5. The summed E-state index contributed by atoms with van der Waals surface area (Å²) < 4.78 is 0. The van der Waals surface area contributed by atoms with Gasteiger partial charge in [-0.1, -0.05) is 12.8 Å². The van der Waals surface area contributed by atoms with Crippen molar-refractivity contribution >= 4 is 5.78 Å². The van der Waals surface area contributed by atoms with E-state index in [9.17, 15) is 15.0 Å². The number of fused-ring (bicyclic) bond motifs is 5. The maximum absolute atomic E-state index is 11.8. The third-order valence-electron chi connectivity index (χ3n) is 8.07. The molecule has 0 aliphatic heterocycles. The van der Waals surface area contributed by atoms with Gasteiger partial charge in [-0.3, -0.25) is 4.79 Å². The molecule has 7 atom stereocenters. The molecule has 0 unspecified atom stereocenters. The Morgan fingerprint density at radius 1 is 1.29 bits per heavy atom. The van der Waals surface area contributed by atoms with Crippen LogP contribution < -0.4 is 0 Å². The molecule has 3 fully saturated rings. The van der Waals surface area contributed by atoms with Crippen LogP contribution in [0.3, 0.4) is 0 Å². The van der Waals surface area contributed by atoms with Crippen molar-refractivity contribution in [2.24, 2.45) is 29.1 Å². The highest BCUT2D eigenvalue weighted by Crippen LogP contribution is 2.66. The lowest BCUT2D eigenvalue weighted by Crippen LogP contribution is -2.55. The minimum atomic E-state index is -0.985. The minimum absolute atomic E-state index is 0.167. The number of terminal acetylenes is 1. The fourth-order valence-corrected chi connectivity index (χ4v) is 6.96. The zero-order chi connectivity index (χ0) is 17.1. The van der Waals surface area contributed by atoms with E-state index in [0.29, 0.717) is 36.5 Å². The molecule has 3 nitrogen and oxygen atoms in total. The summed E-state index contributed by atoms with van der Waals surface area (Å²) in [6.07, 6.45) is 13.8. The highest BCUT2D eigenvalue weighted by molar-refractivity contribution is 5.91. The predicted octanol–water partition coefficient (Wildman–Crippen LogP) is 2.85. The van der Waals surface area contributed by atoms with Crippen molar-refractivity contribution in [3.05, 3.63) is 11.6 Å². The normalized spacial score (nSPS) is 50.3. The molecule has 0 saturated heterocycles. The first-order valence-corrected chi connectivity index (χ1v) is 9.58. The Hall–Kier alpha value is -1.11. The summed E-state index contributed by atoms with van der Waals surface area (Å²) in [7, 11) is 0. The van der Waals surface area contributed by atoms with Crippen molar-refractivity contribution in [2.45, 2.75) is 70.0 Å². The van der Waals surface area contributed by atoms with Gasteiger partial charge in [-0.15, -0.1) is 6.42 Å². The molecule has 3 saturated carbocycles. The minimum Gasteiger partial charge on any atom is -0.389 e. The number of ketones is 1. The summed E-state index contributed by atoms with van der Waals surface area (Å²) in [5, 5.41) is 21.8. The molecule has 3 heteroatoms. The van der Waals surface area contributed by atoms with Gasteiger partial charge in [-0.05, 0) is 80.3 Å². The Morgan fingerprint density at radius 2 is 2.08 bits per heavy atom. The molecule has 4 aliphatic carbocycles. The second-order valence-corrected chi connectivity index (χ2v) is 8.53. The van der Waals surface area contributed by atoms with Gasteiger partial charge in [0.05, 0.1) is 6.10 Å². The number of rotatable bonds is 1. The Kier molecular flexibility index (Phi) is 3.71. The molecule has 0 spiro atoms. The van der Waals surface area contributed by atoms with Gasteiger partial charge in [-0.25, -0.2) is 0 Å². The SMILES string of the molecule is C#C[C@]1(O)CC[C@@H]2[C@@H]3C[C@@H](O)C4=CC(=O)CC[C@@H]4[C@H]3CC[C@@]21CC. The van der Waals surface area contributed by atoms with E-state index >= 15 is 0 Å². The topological polar surface area (TPSA) is 57.5 Å².